The number of pyridine rings is 1. The normalized spacial score (nSPS) is 11.9. The van der Waals surface area contributed by atoms with E-state index >= 15 is 0 Å². The van der Waals surface area contributed by atoms with Gasteiger partial charge in [-0.25, -0.2) is 4.98 Å². The number of hydrogen-bond acceptors (Lipinski definition) is 4. The van der Waals surface area contributed by atoms with E-state index in [-0.39, 0.29) is 0 Å². The van der Waals surface area contributed by atoms with Crippen LogP contribution in [0.2, 0.25) is 0 Å². The minimum absolute atomic E-state index is 0.469. The van der Waals surface area contributed by atoms with Crippen molar-refractivity contribution in [2.45, 2.75) is 6.10 Å². The third kappa shape index (κ3) is 3.21. The molecule has 1 unspecified atom stereocenters. The molecule has 0 bridgehead atoms. The molecule has 1 aromatic heterocycles. The fourth-order valence-electron chi connectivity index (χ4n) is 1.68. The molecule has 1 heterocycles. The maximum absolute atomic E-state index is 10.0. The monoisotopic (exact) mass is 243 g/mol. The van der Waals surface area contributed by atoms with Crippen molar-refractivity contribution >= 4 is 11.5 Å². The molecule has 1 atom stereocenters. The number of aromatic nitrogens is 1. The van der Waals surface area contributed by atoms with E-state index in [1.807, 2.05) is 49.5 Å². The zero-order valence-corrected chi connectivity index (χ0v) is 10.3. The van der Waals surface area contributed by atoms with Crippen LogP contribution < -0.4 is 10.6 Å². The topological polar surface area (TPSA) is 57.2 Å². The number of rotatable bonds is 5. The molecule has 0 aliphatic carbocycles. The number of hydrogen-bond donors (Lipinski definition) is 3. The fourth-order valence-corrected chi connectivity index (χ4v) is 1.68. The molecule has 4 nitrogen and oxygen atoms in total. The Morgan fingerprint density at radius 3 is 2.72 bits per heavy atom. The second-order valence-corrected chi connectivity index (χ2v) is 3.99. The predicted octanol–water partition coefficient (Wildman–Crippen LogP) is 2.27. The van der Waals surface area contributed by atoms with Crippen LogP contribution in [0.1, 0.15) is 11.7 Å². The van der Waals surface area contributed by atoms with Crippen LogP contribution in [0.5, 0.6) is 0 Å². The van der Waals surface area contributed by atoms with E-state index in [0.29, 0.717) is 6.54 Å². The van der Waals surface area contributed by atoms with E-state index in [9.17, 15) is 5.11 Å². The van der Waals surface area contributed by atoms with Gasteiger partial charge in [-0.1, -0.05) is 30.3 Å². The number of anilines is 2. The lowest BCUT2D eigenvalue weighted by Gasteiger charge is -2.13. The Morgan fingerprint density at radius 2 is 2.00 bits per heavy atom. The third-order valence-corrected chi connectivity index (χ3v) is 2.70. The van der Waals surface area contributed by atoms with Gasteiger partial charge in [0.1, 0.15) is 5.82 Å². The largest absolute Gasteiger partial charge is 0.387 e. The van der Waals surface area contributed by atoms with E-state index in [0.717, 1.165) is 17.1 Å². The van der Waals surface area contributed by atoms with Crippen LogP contribution in [0.25, 0.3) is 0 Å². The summed E-state index contributed by atoms with van der Waals surface area (Å²) in [5.74, 6) is 0.800. The molecular formula is C14H17N3O. The number of aliphatic hydroxyl groups is 1. The van der Waals surface area contributed by atoms with Gasteiger partial charge in [-0.05, 0) is 11.6 Å². The molecule has 0 aliphatic rings. The molecule has 94 valence electrons. The van der Waals surface area contributed by atoms with Gasteiger partial charge in [0, 0.05) is 31.5 Å². The summed E-state index contributed by atoms with van der Waals surface area (Å²) in [5, 5.41) is 16.2. The Labute approximate surface area is 107 Å². The van der Waals surface area contributed by atoms with Crippen LogP contribution in [-0.2, 0) is 0 Å². The van der Waals surface area contributed by atoms with Gasteiger partial charge < -0.3 is 15.7 Å². The summed E-state index contributed by atoms with van der Waals surface area (Å²) in [6.07, 6.45) is 1.21. The Kier molecular flexibility index (Phi) is 4.15. The van der Waals surface area contributed by atoms with Gasteiger partial charge in [-0.3, -0.25) is 0 Å². The minimum atomic E-state index is -0.516. The summed E-state index contributed by atoms with van der Waals surface area (Å²) in [6.45, 7) is 0.469. The highest BCUT2D eigenvalue weighted by molar-refractivity contribution is 5.51. The lowest BCUT2D eigenvalue weighted by atomic mass is 10.1. The molecule has 3 N–H and O–H groups in total. The molecule has 1 aromatic carbocycles. The Balaban J connectivity index is 1.95. The van der Waals surface area contributed by atoms with Crippen molar-refractivity contribution in [1.82, 2.24) is 4.98 Å². The summed E-state index contributed by atoms with van der Waals surface area (Å²) in [7, 11) is 1.82. The quantitative estimate of drug-likeness (QED) is 0.754. The van der Waals surface area contributed by atoms with Gasteiger partial charge >= 0.3 is 0 Å². The second-order valence-electron chi connectivity index (χ2n) is 3.99. The van der Waals surface area contributed by atoms with Crippen LogP contribution in [0.4, 0.5) is 11.5 Å². The molecule has 2 aromatic rings. The lowest BCUT2D eigenvalue weighted by molar-refractivity contribution is 0.191. The maximum atomic E-state index is 10.0. The van der Waals surface area contributed by atoms with E-state index < -0.39 is 6.10 Å². The van der Waals surface area contributed by atoms with Crippen molar-refractivity contribution in [2.75, 3.05) is 24.2 Å². The highest BCUT2D eigenvalue weighted by Crippen LogP contribution is 2.15. The van der Waals surface area contributed by atoms with Crippen molar-refractivity contribution in [1.29, 1.82) is 0 Å². The van der Waals surface area contributed by atoms with Crippen molar-refractivity contribution in [2.24, 2.45) is 0 Å². The molecule has 0 aliphatic heterocycles. The van der Waals surface area contributed by atoms with Crippen LogP contribution in [-0.4, -0.2) is 23.7 Å². The first-order valence-corrected chi connectivity index (χ1v) is 5.90. The molecule has 0 spiro atoms. The third-order valence-electron chi connectivity index (χ3n) is 2.70. The molecule has 0 fully saturated rings. The van der Waals surface area contributed by atoms with Gasteiger partial charge in [0.25, 0.3) is 0 Å². The lowest BCUT2D eigenvalue weighted by Crippen LogP contribution is -2.12. The minimum Gasteiger partial charge on any atom is -0.387 e. The van der Waals surface area contributed by atoms with Gasteiger partial charge in [0.15, 0.2) is 0 Å². The van der Waals surface area contributed by atoms with E-state index in [4.69, 9.17) is 0 Å². The van der Waals surface area contributed by atoms with E-state index in [2.05, 4.69) is 15.6 Å². The summed E-state index contributed by atoms with van der Waals surface area (Å²) in [5.41, 5.74) is 1.84. The number of benzene rings is 1. The van der Waals surface area contributed by atoms with Gasteiger partial charge in [0.05, 0.1) is 6.10 Å². The smallest absolute Gasteiger partial charge is 0.127 e. The maximum Gasteiger partial charge on any atom is 0.127 e. The summed E-state index contributed by atoms with van der Waals surface area (Å²) < 4.78 is 0. The zero-order chi connectivity index (χ0) is 12.8. The standard InChI is InChI=1S/C14H17N3O/c1-15-14-9-12(7-8-16-14)17-10-13(18)11-5-3-2-4-6-11/h2-9,13,18H,10H2,1H3,(H2,15,16,17). The van der Waals surface area contributed by atoms with E-state index in [1.54, 1.807) is 6.20 Å². The van der Waals surface area contributed by atoms with Crippen LogP contribution in [0.3, 0.4) is 0 Å². The molecular weight excluding hydrogens is 226 g/mol. The molecule has 18 heavy (non-hydrogen) atoms. The van der Waals surface area contributed by atoms with E-state index in [1.165, 1.54) is 0 Å². The van der Waals surface area contributed by atoms with Crippen LogP contribution in [0.15, 0.2) is 48.7 Å². The highest BCUT2D eigenvalue weighted by Gasteiger charge is 2.06. The Morgan fingerprint density at radius 1 is 1.22 bits per heavy atom. The van der Waals surface area contributed by atoms with Crippen molar-refractivity contribution < 1.29 is 5.11 Å². The van der Waals surface area contributed by atoms with Crippen molar-refractivity contribution in [3.8, 4) is 0 Å². The van der Waals surface area contributed by atoms with Crippen LogP contribution >= 0.6 is 0 Å². The summed E-state index contributed by atoms with van der Waals surface area (Å²) in [4.78, 5) is 4.13. The highest BCUT2D eigenvalue weighted by atomic mass is 16.3. The molecule has 0 saturated carbocycles. The second kappa shape index (κ2) is 6.02. The molecule has 0 saturated heterocycles. The fraction of sp³-hybridized carbons (Fsp3) is 0.214. The summed E-state index contributed by atoms with van der Waals surface area (Å²) in [6, 6.07) is 13.4. The first-order chi connectivity index (χ1) is 8.79. The average molecular weight is 243 g/mol. The molecule has 2 rings (SSSR count). The first kappa shape index (κ1) is 12.4. The number of aliphatic hydroxyl groups excluding tert-OH is 1. The van der Waals surface area contributed by atoms with Gasteiger partial charge in [0.2, 0.25) is 0 Å². The zero-order valence-electron chi connectivity index (χ0n) is 10.3. The molecule has 0 radical (unpaired) electrons. The Bertz CT molecular complexity index is 487. The van der Waals surface area contributed by atoms with Gasteiger partial charge in [-0.2, -0.15) is 0 Å². The average Bonchev–Trinajstić information content (AvgIpc) is 2.46. The Hall–Kier alpha value is -2.07. The SMILES string of the molecule is CNc1cc(NCC(O)c2ccccc2)ccn1. The molecule has 4 heteroatoms. The van der Waals surface area contributed by atoms with Gasteiger partial charge in [-0.15, -0.1) is 0 Å². The van der Waals surface area contributed by atoms with Crippen molar-refractivity contribution in [3.63, 3.8) is 0 Å². The summed E-state index contributed by atoms with van der Waals surface area (Å²) >= 11 is 0. The van der Waals surface area contributed by atoms with Crippen LogP contribution in [0, 0.1) is 0 Å². The number of nitrogens with one attached hydrogen (secondary N) is 2. The predicted molar refractivity (Wildman–Crippen MR) is 73.7 cm³/mol. The molecule has 0 amide bonds. The number of nitrogens with zero attached hydrogens (tertiary/aromatic N) is 1. The first-order valence-electron chi connectivity index (χ1n) is 5.90. The van der Waals surface area contributed by atoms with Crippen molar-refractivity contribution in [3.05, 3.63) is 54.2 Å².